The number of benzene rings is 2. The van der Waals surface area contributed by atoms with Gasteiger partial charge in [0.05, 0.1) is 20.8 Å². The second kappa shape index (κ2) is 11.1. The predicted octanol–water partition coefficient (Wildman–Crippen LogP) is 3.38. The lowest BCUT2D eigenvalue weighted by atomic mass is 10.1. The highest BCUT2D eigenvalue weighted by Crippen LogP contribution is 2.27. The number of nitrogens with zero attached hydrogens (tertiary/aromatic N) is 2. The predicted molar refractivity (Wildman–Crippen MR) is 124 cm³/mol. The van der Waals surface area contributed by atoms with Crippen LogP contribution in [0.2, 0.25) is 0 Å². The van der Waals surface area contributed by atoms with E-state index in [4.69, 9.17) is 14.5 Å². The summed E-state index contributed by atoms with van der Waals surface area (Å²) < 4.78 is 10.7. The van der Waals surface area contributed by atoms with E-state index in [1.807, 2.05) is 12.1 Å². The molecule has 2 aromatic carbocycles. The summed E-state index contributed by atoms with van der Waals surface area (Å²) in [6.07, 6.45) is 5.27. The zero-order valence-corrected chi connectivity index (χ0v) is 18.1. The van der Waals surface area contributed by atoms with Crippen LogP contribution < -0.4 is 25.0 Å². The van der Waals surface area contributed by atoms with Gasteiger partial charge in [0.15, 0.2) is 17.5 Å². The van der Waals surface area contributed by atoms with Crippen LogP contribution in [0.1, 0.15) is 18.1 Å². The van der Waals surface area contributed by atoms with Crippen molar-refractivity contribution in [1.29, 1.82) is 0 Å². The van der Waals surface area contributed by atoms with E-state index in [2.05, 4.69) is 64.9 Å². The lowest BCUT2D eigenvalue weighted by Gasteiger charge is -2.17. The maximum absolute atomic E-state index is 5.38. The van der Waals surface area contributed by atoms with Crippen molar-refractivity contribution in [2.45, 2.75) is 19.9 Å². The topological polar surface area (TPSA) is 58.1 Å². The van der Waals surface area contributed by atoms with Crippen molar-refractivity contribution in [3.8, 4) is 11.5 Å². The second-order valence-electron chi connectivity index (χ2n) is 7.10. The van der Waals surface area contributed by atoms with E-state index in [1.165, 1.54) is 16.8 Å². The molecular weight excluding hydrogens is 376 g/mol. The number of nitrogens with one attached hydrogen (secondary N) is 2. The van der Waals surface area contributed by atoms with Crippen LogP contribution in [-0.4, -0.2) is 46.4 Å². The quantitative estimate of drug-likeness (QED) is 0.378. The molecule has 160 valence electrons. The molecule has 0 fully saturated rings. The first-order valence-electron chi connectivity index (χ1n) is 10.5. The molecule has 1 aliphatic rings. The highest BCUT2D eigenvalue weighted by atomic mass is 16.5. The van der Waals surface area contributed by atoms with E-state index in [0.717, 1.165) is 50.1 Å². The molecule has 3 rings (SSSR count). The SMILES string of the molecule is CCNC(=NCc1ccc(N2CC=CC2)cc1)NCCc1ccc(OC)c(OC)c1. The monoisotopic (exact) mass is 408 g/mol. The molecule has 0 atom stereocenters. The summed E-state index contributed by atoms with van der Waals surface area (Å²) in [5.41, 5.74) is 3.64. The van der Waals surface area contributed by atoms with E-state index in [0.29, 0.717) is 6.54 Å². The van der Waals surface area contributed by atoms with Gasteiger partial charge in [-0.15, -0.1) is 0 Å². The molecule has 1 aliphatic heterocycles. The molecule has 30 heavy (non-hydrogen) atoms. The Bertz CT molecular complexity index is 854. The van der Waals surface area contributed by atoms with Crippen molar-refractivity contribution in [3.63, 3.8) is 0 Å². The van der Waals surface area contributed by atoms with E-state index < -0.39 is 0 Å². The van der Waals surface area contributed by atoms with E-state index in [9.17, 15) is 0 Å². The molecule has 0 aliphatic carbocycles. The molecule has 0 aromatic heterocycles. The van der Waals surface area contributed by atoms with Crippen LogP contribution in [-0.2, 0) is 13.0 Å². The highest BCUT2D eigenvalue weighted by molar-refractivity contribution is 5.79. The molecule has 0 unspecified atom stereocenters. The van der Waals surface area contributed by atoms with Gasteiger partial charge >= 0.3 is 0 Å². The van der Waals surface area contributed by atoms with Crippen LogP contribution in [0.3, 0.4) is 0 Å². The Morgan fingerprint density at radius 1 is 0.933 bits per heavy atom. The number of methoxy groups -OCH3 is 2. The molecule has 2 N–H and O–H groups in total. The zero-order valence-electron chi connectivity index (χ0n) is 18.1. The van der Waals surface area contributed by atoms with Crippen molar-refractivity contribution in [2.24, 2.45) is 4.99 Å². The number of aliphatic imine (C=N–C) groups is 1. The average Bonchev–Trinajstić information content (AvgIpc) is 3.32. The molecular formula is C24H32N4O2. The minimum Gasteiger partial charge on any atom is -0.493 e. The van der Waals surface area contributed by atoms with Crippen molar-refractivity contribution in [2.75, 3.05) is 45.3 Å². The minimum atomic E-state index is 0.643. The number of rotatable bonds is 9. The molecule has 6 heteroatoms. The normalized spacial score (nSPS) is 13.4. The first kappa shape index (κ1) is 21.6. The zero-order chi connectivity index (χ0) is 21.2. The molecule has 2 aromatic rings. The van der Waals surface area contributed by atoms with Crippen LogP contribution >= 0.6 is 0 Å². The van der Waals surface area contributed by atoms with Crippen molar-refractivity contribution >= 4 is 11.6 Å². The molecule has 0 amide bonds. The third-order valence-electron chi connectivity index (χ3n) is 5.04. The Balaban J connectivity index is 1.53. The molecule has 6 nitrogen and oxygen atoms in total. The number of hydrogen-bond donors (Lipinski definition) is 2. The molecule has 0 radical (unpaired) electrons. The summed E-state index contributed by atoms with van der Waals surface area (Å²) in [6.45, 7) is 6.30. The van der Waals surface area contributed by atoms with Crippen LogP contribution in [0.25, 0.3) is 0 Å². The Morgan fingerprint density at radius 3 is 2.30 bits per heavy atom. The van der Waals surface area contributed by atoms with Gasteiger partial charge in [0.2, 0.25) is 0 Å². The number of hydrogen-bond acceptors (Lipinski definition) is 4. The molecule has 0 saturated carbocycles. The minimum absolute atomic E-state index is 0.643. The van der Waals surface area contributed by atoms with Crippen molar-refractivity contribution in [3.05, 3.63) is 65.7 Å². The summed E-state index contributed by atoms with van der Waals surface area (Å²) in [7, 11) is 3.31. The fraction of sp³-hybridized carbons (Fsp3) is 0.375. The fourth-order valence-corrected chi connectivity index (χ4v) is 3.37. The Hall–Kier alpha value is -3.15. The third-order valence-corrected chi connectivity index (χ3v) is 5.04. The van der Waals surface area contributed by atoms with Crippen molar-refractivity contribution < 1.29 is 9.47 Å². The summed E-state index contributed by atoms with van der Waals surface area (Å²) in [6, 6.07) is 14.7. The van der Waals surface area contributed by atoms with Crippen LogP contribution in [0.15, 0.2) is 59.6 Å². The standard InChI is InChI=1S/C24H32N4O2/c1-4-25-24(26-14-13-19-9-12-22(29-2)23(17-19)30-3)27-18-20-7-10-21(11-8-20)28-15-5-6-16-28/h5-12,17H,4,13-16,18H2,1-3H3,(H2,25,26,27). The second-order valence-corrected chi connectivity index (χ2v) is 7.10. The average molecular weight is 409 g/mol. The molecule has 0 spiro atoms. The summed E-state index contributed by atoms with van der Waals surface area (Å²) in [4.78, 5) is 7.07. The van der Waals surface area contributed by atoms with Crippen LogP contribution in [0.4, 0.5) is 5.69 Å². The van der Waals surface area contributed by atoms with Gasteiger partial charge in [-0.25, -0.2) is 4.99 Å². The van der Waals surface area contributed by atoms with Crippen molar-refractivity contribution in [1.82, 2.24) is 10.6 Å². The third kappa shape index (κ3) is 5.92. The van der Waals surface area contributed by atoms with Gasteiger partial charge in [-0.2, -0.15) is 0 Å². The number of ether oxygens (including phenoxy) is 2. The summed E-state index contributed by atoms with van der Waals surface area (Å²) in [5, 5.41) is 6.73. The first-order chi connectivity index (χ1) is 14.7. The molecule has 1 heterocycles. The van der Waals surface area contributed by atoms with E-state index in [1.54, 1.807) is 14.2 Å². The Morgan fingerprint density at radius 2 is 1.63 bits per heavy atom. The maximum atomic E-state index is 5.38. The smallest absolute Gasteiger partial charge is 0.191 e. The first-order valence-corrected chi connectivity index (χ1v) is 10.5. The van der Waals surface area contributed by atoms with E-state index >= 15 is 0 Å². The van der Waals surface area contributed by atoms with Gasteiger partial charge < -0.3 is 25.0 Å². The van der Waals surface area contributed by atoms with Gasteiger partial charge in [-0.3, -0.25) is 0 Å². The van der Waals surface area contributed by atoms with Gasteiger partial charge in [0.1, 0.15) is 0 Å². The van der Waals surface area contributed by atoms with Gasteiger partial charge in [-0.05, 0) is 48.7 Å². The summed E-state index contributed by atoms with van der Waals surface area (Å²) in [5.74, 6) is 2.32. The molecule has 0 bridgehead atoms. The maximum Gasteiger partial charge on any atom is 0.191 e. The van der Waals surface area contributed by atoms with Crippen LogP contribution in [0.5, 0.6) is 11.5 Å². The highest BCUT2D eigenvalue weighted by Gasteiger charge is 2.07. The molecule has 0 saturated heterocycles. The Labute approximate surface area is 179 Å². The number of guanidine groups is 1. The lowest BCUT2D eigenvalue weighted by Crippen LogP contribution is -2.38. The number of anilines is 1. The summed E-state index contributed by atoms with van der Waals surface area (Å²) >= 11 is 0. The lowest BCUT2D eigenvalue weighted by molar-refractivity contribution is 0.354. The van der Waals surface area contributed by atoms with Crippen LogP contribution in [0, 0.1) is 0 Å². The van der Waals surface area contributed by atoms with Gasteiger partial charge in [-0.1, -0.05) is 30.4 Å². The fourth-order valence-electron chi connectivity index (χ4n) is 3.37. The van der Waals surface area contributed by atoms with E-state index in [-0.39, 0.29) is 0 Å². The van der Waals surface area contributed by atoms with Gasteiger partial charge in [0.25, 0.3) is 0 Å². The van der Waals surface area contributed by atoms with Gasteiger partial charge in [0, 0.05) is 31.9 Å². The Kier molecular flexibility index (Phi) is 8.01. The largest absolute Gasteiger partial charge is 0.493 e.